The van der Waals surface area contributed by atoms with Crippen molar-refractivity contribution in [2.75, 3.05) is 12.5 Å². The van der Waals surface area contributed by atoms with E-state index in [0.717, 1.165) is 0 Å². The average Bonchev–Trinajstić information content (AvgIpc) is 2.33. The van der Waals surface area contributed by atoms with Gasteiger partial charge in [0.2, 0.25) is 0 Å². The quantitative estimate of drug-likeness (QED) is 0.476. The molecule has 0 fully saturated rings. The molecule has 0 unspecified atom stereocenters. The van der Waals surface area contributed by atoms with Gasteiger partial charge in [0.05, 0.1) is 12.8 Å². The monoisotopic (exact) mass is 256 g/mol. The smallest absolute Gasteiger partial charge is 0.254 e. The van der Waals surface area contributed by atoms with Crippen LogP contribution in [0.2, 0.25) is 0 Å². The van der Waals surface area contributed by atoms with E-state index in [1.165, 1.54) is 12.3 Å². The fourth-order valence-corrected chi connectivity index (χ4v) is 1.15. The summed E-state index contributed by atoms with van der Waals surface area (Å²) < 4.78 is 5.21. The van der Waals surface area contributed by atoms with Crippen LogP contribution in [0.4, 0.5) is 0 Å². The molecule has 0 saturated carbocycles. The molecular weight excluding hydrogens is 244 g/mol. The van der Waals surface area contributed by atoms with Gasteiger partial charge >= 0.3 is 0 Å². The first-order valence-electron chi connectivity index (χ1n) is 5.01. The highest BCUT2D eigenvalue weighted by molar-refractivity contribution is 6.27. The van der Waals surface area contributed by atoms with E-state index in [0.29, 0.717) is 17.9 Å². The zero-order chi connectivity index (χ0) is 12.7. The second-order valence-electron chi connectivity index (χ2n) is 3.09. The maximum atomic E-state index is 10.8. The summed E-state index contributed by atoms with van der Waals surface area (Å²) in [5.74, 6) is -0.0856. The number of carbonyl (C=O) groups is 1. The van der Waals surface area contributed by atoms with Gasteiger partial charge in [-0.1, -0.05) is 0 Å². The molecule has 0 spiro atoms. The molecule has 1 aromatic rings. The van der Waals surface area contributed by atoms with Crippen molar-refractivity contribution in [3.8, 4) is 11.5 Å². The Morgan fingerprint density at radius 1 is 1.65 bits per heavy atom. The van der Waals surface area contributed by atoms with E-state index in [-0.39, 0.29) is 17.5 Å². The van der Waals surface area contributed by atoms with E-state index >= 15 is 0 Å². The van der Waals surface area contributed by atoms with Crippen molar-refractivity contribution in [3.05, 3.63) is 23.8 Å². The Labute approximate surface area is 104 Å². The molecular formula is C11H13ClN2O3. The van der Waals surface area contributed by atoms with Crippen molar-refractivity contribution in [2.24, 2.45) is 5.10 Å². The van der Waals surface area contributed by atoms with E-state index in [4.69, 9.17) is 16.3 Å². The number of hydrogen-bond donors (Lipinski definition) is 2. The Bertz CT molecular complexity index is 421. The second kappa shape index (κ2) is 6.75. The van der Waals surface area contributed by atoms with Crippen LogP contribution in [-0.2, 0) is 4.79 Å². The van der Waals surface area contributed by atoms with Gasteiger partial charge in [-0.05, 0) is 30.7 Å². The summed E-state index contributed by atoms with van der Waals surface area (Å²) in [4.78, 5) is 10.8. The van der Waals surface area contributed by atoms with Gasteiger partial charge in [0, 0.05) is 0 Å². The number of hydrazone groups is 1. The van der Waals surface area contributed by atoms with Crippen molar-refractivity contribution in [2.45, 2.75) is 6.92 Å². The summed E-state index contributed by atoms with van der Waals surface area (Å²) in [6.07, 6.45) is 1.44. The van der Waals surface area contributed by atoms with E-state index in [1.54, 1.807) is 12.1 Å². The van der Waals surface area contributed by atoms with Gasteiger partial charge in [-0.25, -0.2) is 5.43 Å². The number of carbonyl (C=O) groups excluding carboxylic acids is 1. The van der Waals surface area contributed by atoms with Gasteiger partial charge in [0.25, 0.3) is 5.91 Å². The molecule has 17 heavy (non-hydrogen) atoms. The number of benzene rings is 1. The number of hydrogen-bond acceptors (Lipinski definition) is 4. The van der Waals surface area contributed by atoms with Crippen molar-refractivity contribution in [1.82, 2.24) is 5.43 Å². The first-order chi connectivity index (χ1) is 8.17. The SMILES string of the molecule is CCOc1cc(/C=N\NC(=O)CCl)ccc1O. The molecule has 6 heteroatoms. The Balaban J connectivity index is 2.71. The van der Waals surface area contributed by atoms with Crippen LogP contribution >= 0.6 is 11.6 Å². The van der Waals surface area contributed by atoms with Crippen molar-refractivity contribution < 1.29 is 14.6 Å². The number of phenols is 1. The molecule has 0 bridgehead atoms. The molecule has 0 radical (unpaired) electrons. The third-order valence-corrected chi connectivity index (χ3v) is 2.05. The van der Waals surface area contributed by atoms with Gasteiger partial charge in [0.1, 0.15) is 5.88 Å². The van der Waals surface area contributed by atoms with Crippen LogP contribution in [0.1, 0.15) is 12.5 Å². The van der Waals surface area contributed by atoms with Crippen LogP contribution in [0, 0.1) is 0 Å². The lowest BCUT2D eigenvalue weighted by molar-refractivity contribution is -0.118. The number of nitrogens with zero attached hydrogens (tertiary/aromatic N) is 1. The normalized spacial score (nSPS) is 10.5. The Morgan fingerprint density at radius 2 is 2.41 bits per heavy atom. The standard InChI is InChI=1S/C11H13ClN2O3/c1-2-17-10-5-8(3-4-9(10)15)7-13-14-11(16)6-12/h3-5,7,15H,2,6H2,1H3,(H,14,16)/b13-7-. The van der Waals surface area contributed by atoms with Crippen LogP contribution < -0.4 is 10.2 Å². The molecule has 0 aliphatic carbocycles. The highest BCUT2D eigenvalue weighted by atomic mass is 35.5. The van der Waals surface area contributed by atoms with Crippen LogP contribution in [0.15, 0.2) is 23.3 Å². The lowest BCUT2D eigenvalue weighted by atomic mass is 10.2. The van der Waals surface area contributed by atoms with E-state index < -0.39 is 0 Å². The highest BCUT2D eigenvalue weighted by Crippen LogP contribution is 2.25. The van der Waals surface area contributed by atoms with Gasteiger partial charge < -0.3 is 9.84 Å². The molecule has 0 aromatic heterocycles. The summed E-state index contributed by atoms with van der Waals surface area (Å²) in [7, 11) is 0. The number of nitrogens with one attached hydrogen (secondary N) is 1. The van der Waals surface area contributed by atoms with Crippen molar-refractivity contribution >= 4 is 23.7 Å². The topological polar surface area (TPSA) is 70.9 Å². The summed E-state index contributed by atoms with van der Waals surface area (Å²) >= 11 is 5.28. The lowest BCUT2D eigenvalue weighted by Crippen LogP contribution is -2.18. The van der Waals surface area contributed by atoms with Crippen molar-refractivity contribution in [1.29, 1.82) is 0 Å². The zero-order valence-electron chi connectivity index (χ0n) is 9.31. The molecule has 0 saturated heterocycles. The number of rotatable bonds is 5. The van der Waals surface area contributed by atoms with E-state index in [1.807, 2.05) is 6.92 Å². The zero-order valence-corrected chi connectivity index (χ0v) is 10.1. The third kappa shape index (κ3) is 4.32. The Morgan fingerprint density at radius 3 is 3.06 bits per heavy atom. The van der Waals surface area contributed by atoms with Crippen molar-refractivity contribution in [3.63, 3.8) is 0 Å². The Kier molecular flexibility index (Phi) is 5.29. The largest absolute Gasteiger partial charge is 0.504 e. The minimum atomic E-state index is -0.383. The minimum absolute atomic E-state index is 0.0637. The predicted octanol–water partition coefficient (Wildman–Crippen LogP) is 1.48. The lowest BCUT2D eigenvalue weighted by Gasteiger charge is -2.05. The molecule has 0 heterocycles. The fraction of sp³-hybridized carbons (Fsp3) is 0.273. The maximum absolute atomic E-state index is 10.8. The van der Waals surface area contributed by atoms with Crippen LogP contribution in [0.25, 0.3) is 0 Å². The van der Waals surface area contributed by atoms with Gasteiger partial charge in [-0.15, -0.1) is 11.6 Å². The molecule has 5 nitrogen and oxygen atoms in total. The number of alkyl halides is 1. The maximum Gasteiger partial charge on any atom is 0.254 e. The molecule has 1 rings (SSSR count). The molecule has 1 amide bonds. The second-order valence-corrected chi connectivity index (χ2v) is 3.35. The van der Waals surface area contributed by atoms with E-state index in [9.17, 15) is 9.90 Å². The van der Waals surface area contributed by atoms with Gasteiger partial charge in [-0.2, -0.15) is 5.10 Å². The number of phenolic OH excluding ortho intramolecular Hbond substituents is 1. The molecule has 0 aliphatic heterocycles. The molecule has 0 aliphatic rings. The number of ether oxygens (including phenoxy) is 1. The fourth-order valence-electron chi connectivity index (χ4n) is 1.09. The van der Waals surface area contributed by atoms with Gasteiger partial charge in [0.15, 0.2) is 11.5 Å². The number of halogens is 1. The van der Waals surface area contributed by atoms with Crippen LogP contribution in [0.5, 0.6) is 11.5 Å². The molecule has 92 valence electrons. The van der Waals surface area contributed by atoms with E-state index in [2.05, 4.69) is 10.5 Å². The van der Waals surface area contributed by atoms with Crippen LogP contribution in [-0.4, -0.2) is 29.7 Å². The Hall–Kier alpha value is -1.75. The number of amides is 1. The molecule has 2 N–H and O–H groups in total. The molecule has 0 atom stereocenters. The summed E-state index contributed by atoms with van der Waals surface area (Å²) in [6.45, 7) is 2.28. The van der Waals surface area contributed by atoms with Crippen LogP contribution in [0.3, 0.4) is 0 Å². The first kappa shape index (κ1) is 13.3. The predicted molar refractivity (Wildman–Crippen MR) is 65.7 cm³/mol. The number of aromatic hydroxyl groups is 1. The average molecular weight is 257 g/mol. The highest BCUT2D eigenvalue weighted by Gasteiger charge is 2.02. The molecule has 1 aromatic carbocycles. The minimum Gasteiger partial charge on any atom is -0.504 e. The summed E-state index contributed by atoms with van der Waals surface area (Å²) in [5, 5.41) is 13.2. The summed E-state index contributed by atoms with van der Waals surface area (Å²) in [6, 6.07) is 4.76. The third-order valence-electron chi connectivity index (χ3n) is 1.81. The van der Waals surface area contributed by atoms with Gasteiger partial charge in [-0.3, -0.25) is 4.79 Å². The summed E-state index contributed by atoms with van der Waals surface area (Å²) in [5.41, 5.74) is 2.94. The first-order valence-corrected chi connectivity index (χ1v) is 5.54.